The third-order valence-corrected chi connectivity index (χ3v) is 5.27. The first-order valence-corrected chi connectivity index (χ1v) is 8.54. The van der Waals surface area contributed by atoms with E-state index in [1.165, 1.54) is 4.31 Å². The fraction of sp³-hybridized carbons (Fsp3) is 0.571. The Morgan fingerprint density at radius 1 is 1.16 bits per heavy atom. The van der Waals surface area contributed by atoms with E-state index in [1.54, 1.807) is 12.1 Å². The summed E-state index contributed by atoms with van der Waals surface area (Å²) in [7, 11) is -3.43. The number of alkyl halides is 1. The van der Waals surface area contributed by atoms with Gasteiger partial charge in [-0.05, 0) is 43.5 Å². The average Bonchev–Trinajstić information content (AvgIpc) is 2.37. The van der Waals surface area contributed by atoms with E-state index in [4.69, 9.17) is 11.6 Å². The topological polar surface area (TPSA) is 37.4 Å². The molecule has 3 nitrogen and oxygen atoms in total. The number of nitrogens with zero attached hydrogens (tertiary/aromatic N) is 1. The minimum absolute atomic E-state index is 0.313. The zero-order valence-electron chi connectivity index (χ0n) is 11.8. The molecule has 0 spiro atoms. The number of hydrogen-bond donors (Lipinski definition) is 0. The van der Waals surface area contributed by atoms with Crippen LogP contribution in [-0.4, -0.2) is 31.7 Å². The molecule has 0 atom stereocenters. The molecule has 0 aromatic heterocycles. The molecule has 0 unspecified atom stereocenters. The van der Waals surface area contributed by atoms with Gasteiger partial charge in [0, 0.05) is 19.0 Å². The number of benzene rings is 1. The van der Waals surface area contributed by atoms with Crippen LogP contribution in [0.1, 0.15) is 30.9 Å². The van der Waals surface area contributed by atoms with Crippen LogP contribution in [0.4, 0.5) is 0 Å². The second-order valence-electron chi connectivity index (χ2n) is 4.69. The minimum Gasteiger partial charge on any atom is -0.207 e. The highest BCUT2D eigenvalue weighted by Crippen LogP contribution is 2.19. The molecular formula is C14H22ClNO2S. The van der Waals surface area contributed by atoms with Crippen molar-refractivity contribution in [1.29, 1.82) is 0 Å². The molecule has 0 aliphatic heterocycles. The Morgan fingerprint density at radius 2 is 1.84 bits per heavy atom. The lowest BCUT2D eigenvalue weighted by atomic mass is 10.1. The Bertz CT molecular complexity index is 514. The Hall–Kier alpha value is -0.580. The number of unbranched alkanes of at least 4 members (excludes halogenated alkanes) is 1. The van der Waals surface area contributed by atoms with Gasteiger partial charge in [-0.1, -0.05) is 19.4 Å². The van der Waals surface area contributed by atoms with Gasteiger partial charge in [0.25, 0.3) is 0 Å². The Morgan fingerprint density at radius 3 is 2.37 bits per heavy atom. The summed E-state index contributed by atoms with van der Waals surface area (Å²) < 4.78 is 26.6. The summed E-state index contributed by atoms with van der Waals surface area (Å²) in [6.45, 7) is 6.82. The Balaban J connectivity index is 3.07. The first kappa shape index (κ1) is 16.5. The van der Waals surface area contributed by atoms with Crippen LogP contribution in [0.2, 0.25) is 0 Å². The molecule has 1 rings (SSSR count). The van der Waals surface area contributed by atoms with E-state index in [-0.39, 0.29) is 0 Å². The second kappa shape index (κ2) is 7.27. The van der Waals surface area contributed by atoms with Crippen molar-refractivity contribution in [1.82, 2.24) is 4.31 Å². The number of hydrogen-bond acceptors (Lipinski definition) is 2. The Labute approximate surface area is 121 Å². The predicted octanol–water partition coefficient (Wildman–Crippen LogP) is 3.33. The molecule has 0 aliphatic rings. The van der Waals surface area contributed by atoms with Gasteiger partial charge in [-0.25, -0.2) is 8.42 Å². The van der Waals surface area contributed by atoms with E-state index in [9.17, 15) is 8.42 Å². The maximum Gasteiger partial charge on any atom is 0.243 e. The molecule has 0 fully saturated rings. The van der Waals surface area contributed by atoms with Crippen LogP contribution in [0, 0.1) is 13.8 Å². The fourth-order valence-electron chi connectivity index (χ4n) is 1.80. The molecule has 1 aromatic carbocycles. The summed E-state index contributed by atoms with van der Waals surface area (Å²) in [5, 5.41) is 0. The van der Waals surface area contributed by atoms with Gasteiger partial charge in [-0.15, -0.1) is 11.6 Å². The first-order chi connectivity index (χ1) is 8.93. The molecule has 0 amide bonds. The van der Waals surface area contributed by atoms with Crippen LogP contribution >= 0.6 is 11.6 Å². The van der Waals surface area contributed by atoms with Crippen LogP contribution in [0.3, 0.4) is 0 Å². The van der Waals surface area contributed by atoms with Crippen molar-refractivity contribution < 1.29 is 8.42 Å². The van der Waals surface area contributed by atoms with Crippen molar-refractivity contribution >= 4 is 21.6 Å². The molecule has 0 heterocycles. The molecule has 0 saturated heterocycles. The third-order valence-electron chi connectivity index (χ3n) is 3.21. The van der Waals surface area contributed by atoms with Crippen LogP contribution in [0.5, 0.6) is 0 Å². The van der Waals surface area contributed by atoms with Gasteiger partial charge in [0.05, 0.1) is 4.90 Å². The standard InChI is InChI=1S/C14H22ClNO2S/c1-4-5-9-16(10-8-15)19(17,18)14-7-6-12(2)13(3)11-14/h6-7,11H,4-5,8-10H2,1-3H3. The number of halogens is 1. The molecule has 19 heavy (non-hydrogen) atoms. The maximum atomic E-state index is 12.6. The van der Waals surface area contributed by atoms with Crippen molar-refractivity contribution in [2.24, 2.45) is 0 Å². The highest BCUT2D eigenvalue weighted by atomic mass is 35.5. The molecule has 0 aliphatic carbocycles. The lowest BCUT2D eigenvalue weighted by Gasteiger charge is -2.21. The van der Waals surface area contributed by atoms with Crippen molar-refractivity contribution in [3.63, 3.8) is 0 Å². The average molecular weight is 304 g/mol. The maximum absolute atomic E-state index is 12.6. The summed E-state index contributed by atoms with van der Waals surface area (Å²) in [5.74, 6) is 0.313. The SMILES string of the molecule is CCCCN(CCCl)S(=O)(=O)c1ccc(C)c(C)c1. The first-order valence-electron chi connectivity index (χ1n) is 6.56. The van der Waals surface area contributed by atoms with E-state index in [1.807, 2.05) is 26.8 Å². The van der Waals surface area contributed by atoms with Crippen molar-refractivity contribution in [3.8, 4) is 0 Å². The summed E-state index contributed by atoms with van der Waals surface area (Å²) in [6.07, 6.45) is 1.81. The molecule has 0 saturated carbocycles. The van der Waals surface area contributed by atoms with Crippen LogP contribution < -0.4 is 0 Å². The van der Waals surface area contributed by atoms with Gasteiger partial charge in [-0.2, -0.15) is 4.31 Å². The summed E-state index contributed by atoms with van der Waals surface area (Å²) >= 11 is 5.72. The number of sulfonamides is 1. The highest BCUT2D eigenvalue weighted by molar-refractivity contribution is 7.89. The normalized spacial score (nSPS) is 12.1. The summed E-state index contributed by atoms with van der Waals surface area (Å²) in [6, 6.07) is 5.25. The minimum atomic E-state index is -3.43. The Kier molecular flexibility index (Phi) is 6.30. The summed E-state index contributed by atoms with van der Waals surface area (Å²) in [4.78, 5) is 0.358. The smallest absolute Gasteiger partial charge is 0.207 e. The molecular weight excluding hydrogens is 282 g/mol. The van der Waals surface area contributed by atoms with Gasteiger partial charge >= 0.3 is 0 Å². The van der Waals surface area contributed by atoms with Gasteiger partial charge in [0.2, 0.25) is 10.0 Å². The predicted molar refractivity (Wildman–Crippen MR) is 80.3 cm³/mol. The van der Waals surface area contributed by atoms with Gasteiger partial charge in [0.15, 0.2) is 0 Å². The van der Waals surface area contributed by atoms with Crippen molar-refractivity contribution in [2.75, 3.05) is 19.0 Å². The van der Waals surface area contributed by atoms with E-state index in [0.29, 0.717) is 23.9 Å². The van der Waals surface area contributed by atoms with Crippen LogP contribution in [0.15, 0.2) is 23.1 Å². The van der Waals surface area contributed by atoms with E-state index in [2.05, 4.69) is 0 Å². The number of aryl methyl sites for hydroxylation is 2. The van der Waals surface area contributed by atoms with Crippen molar-refractivity contribution in [3.05, 3.63) is 29.3 Å². The van der Waals surface area contributed by atoms with Gasteiger partial charge < -0.3 is 0 Å². The van der Waals surface area contributed by atoms with Crippen molar-refractivity contribution in [2.45, 2.75) is 38.5 Å². The van der Waals surface area contributed by atoms with Gasteiger partial charge in [-0.3, -0.25) is 0 Å². The molecule has 1 aromatic rings. The molecule has 0 bridgehead atoms. The third kappa shape index (κ3) is 4.20. The second-order valence-corrected chi connectivity index (χ2v) is 7.01. The lowest BCUT2D eigenvalue weighted by Crippen LogP contribution is -2.33. The van der Waals surface area contributed by atoms with Crippen LogP contribution in [0.25, 0.3) is 0 Å². The lowest BCUT2D eigenvalue weighted by molar-refractivity contribution is 0.420. The largest absolute Gasteiger partial charge is 0.243 e. The van der Waals surface area contributed by atoms with E-state index >= 15 is 0 Å². The van der Waals surface area contributed by atoms with Crippen LogP contribution in [-0.2, 0) is 10.0 Å². The van der Waals surface area contributed by atoms with Gasteiger partial charge in [0.1, 0.15) is 0 Å². The molecule has 0 N–H and O–H groups in total. The molecule has 0 radical (unpaired) electrons. The van der Waals surface area contributed by atoms with E-state index in [0.717, 1.165) is 24.0 Å². The zero-order valence-corrected chi connectivity index (χ0v) is 13.4. The monoisotopic (exact) mass is 303 g/mol. The van der Waals surface area contributed by atoms with E-state index < -0.39 is 10.0 Å². The highest BCUT2D eigenvalue weighted by Gasteiger charge is 2.23. The quantitative estimate of drug-likeness (QED) is 0.725. The number of rotatable bonds is 7. The molecule has 5 heteroatoms. The molecule has 108 valence electrons. The fourth-order valence-corrected chi connectivity index (χ4v) is 3.67. The summed E-state index contributed by atoms with van der Waals surface area (Å²) in [5.41, 5.74) is 2.08. The zero-order chi connectivity index (χ0) is 14.5.